The van der Waals surface area contributed by atoms with Crippen LogP contribution in [-0.2, 0) is 19.6 Å². The number of sulfonamides is 1. The third kappa shape index (κ3) is 5.80. The van der Waals surface area contributed by atoms with Crippen LogP contribution in [0.4, 0.5) is 10.1 Å². The number of hydrogen-bond donors (Lipinski definition) is 1. The average molecular weight is 346 g/mol. The number of nitrogens with one attached hydrogen (secondary N) is 1. The largest absolute Gasteiger partial charge is 0.385 e. The Kier molecular flexibility index (Phi) is 7.44. The standard InChI is InChI=1S/C15H23FN2O4S/c1-4-14(15(19)17-10-5-11-22-2)18(23(3,20)21)13-8-6-12(16)7-9-13/h6-9,14H,4-5,10-11H2,1-3H3,(H,17,19). The van der Waals surface area contributed by atoms with Gasteiger partial charge in [-0.2, -0.15) is 0 Å². The highest BCUT2D eigenvalue weighted by Crippen LogP contribution is 2.22. The Bertz CT molecular complexity index is 604. The van der Waals surface area contributed by atoms with E-state index in [4.69, 9.17) is 4.74 Å². The first-order chi connectivity index (χ1) is 10.8. The van der Waals surface area contributed by atoms with Crippen molar-refractivity contribution in [3.63, 3.8) is 0 Å². The SMILES string of the molecule is CCC(C(=O)NCCCOC)N(c1ccc(F)cc1)S(C)(=O)=O. The number of methoxy groups -OCH3 is 1. The zero-order chi connectivity index (χ0) is 17.5. The van der Waals surface area contributed by atoms with Crippen molar-refractivity contribution in [3.05, 3.63) is 30.1 Å². The van der Waals surface area contributed by atoms with E-state index in [1.165, 1.54) is 12.1 Å². The van der Waals surface area contributed by atoms with E-state index in [-0.39, 0.29) is 5.69 Å². The predicted molar refractivity (Wildman–Crippen MR) is 87.3 cm³/mol. The first-order valence-corrected chi connectivity index (χ1v) is 9.17. The highest BCUT2D eigenvalue weighted by Gasteiger charge is 2.31. The van der Waals surface area contributed by atoms with Gasteiger partial charge in [-0.25, -0.2) is 12.8 Å². The molecule has 8 heteroatoms. The number of ether oxygens (including phenoxy) is 1. The van der Waals surface area contributed by atoms with Gasteiger partial charge in [-0.1, -0.05) is 6.92 Å². The number of anilines is 1. The zero-order valence-electron chi connectivity index (χ0n) is 13.6. The summed E-state index contributed by atoms with van der Waals surface area (Å²) < 4.78 is 43.3. The van der Waals surface area contributed by atoms with E-state index < -0.39 is 27.8 Å². The van der Waals surface area contributed by atoms with Crippen molar-refractivity contribution in [3.8, 4) is 0 Å². The van der Waals surface area contributed by atoms with Crippen LogP contribution in [0.3, 0.4) is 0 Å². The maximum atomic E-state index is 13.1. The van der Waals surface area contributed by atoms with Crippen LogP contribution in [0.15, 0.2) is 24.3 Å². The van der Waals surface area contributed by atoms with Crippen molar-refractivity contribution < 1.29 is 22.3 Å². The van der Waals surface area contributed by atoms with E-state index in [9.17, 15) is 17.6 Å². The van der Waals surface area contributed by atoms with E-state index in [0.29, 0.717) is 26.0 Å². The topological polar surface area (TPSA) is 75.7 Å². The lowest BCUT2D eigenvalue weighted by Crippen LogP contribution is -2.49. The molecule has 1 aromatic carbocycles. The molecular weight excluding hydrogens is 323 g/mol. The molecule has 0 spiro atoms. The molecule has 1 atom stereocenters. The summed E-state index contributed by atoms with van der Waals surface area (Å²) in [6, 6.07) is 4.13. The first kappa shape index (κ1) is 19.4. The number of amides is 1. The molecule has 0 aromatic heterocycles. The van der Waals surface area contributed by atoms with Gasteiger partial charge in [-0.3, -0.25) is 9.10 Å². The van der Waals surface area contributed by atoms with Gasteiger partial charge in [0.1, 0.15) is 11.9 Å². The van der Waals surface area contributed by atoms with E-state index in [1.807, 2.05) is 0 Å². The molecule has 130 valence electrons. The number of halogens is 1. The minimum atomic E-state index is -3.70. The van der Waals surface area contributed by atoms with E-state index in [1.54, 1.807) is 14.0 Å². The van der Waals surface area contributed by atoms with Crippen molar-refractivity contribution in [1.82, 2.24) is 5.32 Å². The van der Waals surface area contributed by atoms with Crippen LogP contribution in [0.5, 0.6) is 0 Å². The number of rotatable bonds is 9. The monoisotopic (exact) mass is 346 g/mol. The fourth-order valence-electron chi connectivity index (χ4n) is 2.19. The minimum absolute atomic E-state index is 0.257. The summed E-state index contributed by atoms with van der Waals surface area (Å²) in [4.78, 5) is 12.3. The summed E-state index contributed by atoms with van der Waals surface area (Å²) in [5, 5.41) is 2.70. The van der Waals surface area contributed by atoms with Gasteiger partial charge in [0, 0.05) is 20.3 Å². The maximum Gasteiger partial charge on any atom is 0.243 e. The van der Waals surface area contributed by atoms with Crippen LogP contribution in [0.1, 0.15) is 19.8 Å². The van der Waals surface area contributed by atoms with E-state index >= 15 is 0 Å². The molecule has 1 rings (SSSR count). The van der Waals surface area contributed by atoms with Crippen molar-refractivity contribution in [2.45, 2.75) is 25.8 Å². The maximum absolute atomic E-state index is 13.1. The summed E-state index contributed by atoms with van der Waals surface area (Å²) in [5.41, 5.74) is 0.257. The fraction of sp³-hybridized carbons (Fsp3) is 0.533. The number of carbonyl (C=O) groups is 1. The highest BCUT2D eigenvalue weighted by atomic mass is 32.2. The van der Waals surface area contributed by atoms with Gasteiger partial charge in [0.05, 0.1) is 11.9 Å². The Hall–Kier alpha value is -1.67. The predicted octanol–water partition coefficient (Wildman–Crippen LogP) is 1.52. The van der Waals surface area contributed by atoms with Crippen LogP contribution in [0.2, 0.25) is 0 Å². The molecule has 6 nitrogen and oxygen atoms in total. The van der Waals surface area contributed by atoms with Gasteiger partial charge in [-0.15, -0.1) is 0 Å². The summed E-state index contributed by atoms with van der Waals surface area (Å²) in [5.74, 6) is -0.863. The first-order valence-electron chi connectivity index (χ1n) is 7.32. The van der Waals surface area contributed by atoms with Crippen molar-refractivity contribution >= 4 is 21.6 Å². The lowest BCUT2D eigenvalue weighted by molar-refractivity contribution is -0.122. The van der Waals surface area contributed by atoms with Crippen LogP contribution in [0.25, 0.3) is 0 Å². The van der Waals surface area contributed by atoms with Crippen LogP contribution in [-0.4, -0.2) is 46.9 Å². The average Bonchev–Trinajstić information content (AvgIpc) is 2.49. The summed E-state index contributed by atoms with van der Waals surface area (Å²) in [6.45, 7) is 2.62. The molecule has 0 bridgehead atoms. The minimum Gasteiger partial charge on any atom is -0.385 e. The van der Waals surface area contributed by atoms with Gasteiger partial charge in [0.2, 0.25) is 15.9 Å². The molecule has 0 saturated heterocycles. The molecule has 0 aliphatic carbocycles. The molecule has 0 fully saturated rings. The molecule has 0 radical (unpaired) electrons. The molecule has 23 heavy (non-hydrogen) atoms. The summed E-state index contributed by atoms with van der Waals surface area (Å²) in [7, 11) is -2.13. The van der Waals surface area contributed by atoms with Crippen LogP contribution < -0.4 is 9.62 Å². The third-order valence-electron chi connectivity index (χ3n) is 3.24. The molecule has 0 heterocycles. The van der Waals surface area contributed by atoms with Crippen molar-refractivity contribution in [1.29, 1.82) is 0 Å². The summed E-state index contributed by atoms with van der Waals surface area (Å²) in [6.07, 6.45) is 1.95. The third-order valence-corrected chi connectivity index (χ3v) is 4.42. The second-order valence-corrected chi connectivity index (χ2v) is 6.96. The molecule has 1 N–H and O–H groups in total. The second-order valence-electron chi connectivity index (χ2n) is 5.10. The second kappa shape index (κ2) is 8.83. The molecule has 0 aliphatic heterocycles. The Morgan fingerprint density at radius 3 is 2.43 bits per heavy atom. The normalized spacial score (nSPS) is 12.7. The molecule has 1 unspecified atom stereocenters. The van der Waals surface area contributed by atoms with Gasteiger partial charge in [0.15, 0.2) is 0 Å². The number of hydrogen-bond acceptors (Lipinski definition) is 4. The summed E-state index contributed by atoms with van der Waals surface area (Å²) >= 11 is 0. The fourth-order valence-corrected chi connectivity index (χ4v) is 3.41. The Labute approximate surface area is 136 Å². The number of carbonyl (C=O) groups excluding carboxylic acids is 1. The van der Waals surface area contributed by atoms with E-state index in [0.717, 1.165) is 22.7 Å². The number of benzene rings is 1. The van der Waals surface area contributed by atoms with Gasteiger partial charge in [0.25, 0.3) is 0 Å². The molecule has 0 aliphatic rings. The zero-order valence-corrected chi connectivity index (χ0v) is 14.4. The van der Waals surface area contributed by atoms with Crippen molar-refractivity contribution in [2.24, 2.45) is 0 Å². The smallest absolute Gasteiger partial charge is 0.243 e. The molecule has 1 amide bonds. The van der Waals surface area contributed by atoms with Crippen molar-refractivity contribution in [2.75, 3.05) is 30.8 Å². The lowest BCUT2D eigenvalue weighted by Gasteiger charge is -2.30. The van der Waals surface area contributed by atoms with E-state index in [2.05, 4.69) is 5.32 Å². The molecule has 1 aromatic rings. The Morgan fingerprint density at radius 2 is 1.96 bits per heavy atom. The van der Waals surface area contributed by atoms with Gasteiger partial charge < -0.3 is 10.1 Å². The van der Waals surface area contributed by atoms with Crippen LogP contribution in [0, 0.1) is 5.82 Å². The Morgan fingerprint density at radius 1 is 1.35 bits per heavy atom. The number of nitrogens with zero attached hydrogens (tertiary/aromatic N) is 1. The lowest BCUT2D eigenvalue weighted by atomic mass is 10.2. The van der Waals surface area contributed by atoms with Gasteiger partial charge >= 0.3 is 0 Å². The molecule has 0 saturated carbocycles. The Balaban J connectivity index is 2.99. The quantitative estimate of drug-likeness (QED) is 0.688. The highest BCUT2D eigenvalue weighted by molar-refractivity contribution is 7.92. The molecular formula is C15H23FN2O4S. The van der Waals surface area contributed by atoms with Gasteiger partial charge in [-0.05, 0) is 37.1 Å². The van der Waals surface area contributed by atoms with Crippen LogP contribution >= 0.6 is 0 Å².